The first-order valence-corrected chi connectivity index (χ1v) is 9.95. The van der Waals surface area contributed by atoms with Crippen LogP contribution in [0.25, 0.3) is 0 Å². The summed E-state index contributed by atoms with van der Waals surface area (Å²) >= 11 is 0. The van der Waals surface area contributed by atoms with Gasteiger partial charge in [-0.05, 0) is 37.5 Å². The molecule has 1 atom stereocenters. The molecule has 7 heteroatoms. The summed E-state index contributed by atoms with van der Waals surface area (Å²) in [4.78, 5) is 4.71. The molecular formula is C21H35FIN3O2. The van der Waals surface area contributed by atoms with Crippen LogP contribution in [0.15, 0.2) is 29.3 Å². The van der Waals surface area contributed by atoms with Gasteiger partial charge in [0, 0.05) is 37.6 Å². The molecule has 1 saturated heterocycles. The van der Waals surface area contributed by atoms with E-state index in [0.29, 0.717) is 12.5 Å². The van der Waals surface area contributed by atoms with E-state index in [0.717, 1.165) is 63.9 Å². The first-order valence-electron chi connectivity index (χ1n) is 9.95. The number of aliphatic imine (C=N–C) groups is 1. The first kappa shape index (κ1) is 25.1. The van der Waals surface area contributed by atoms with Crippen LogP contribution < -0.4 is 10.6 Å². The maximum atomic E-state index is 13.1. The number of hydrogen-bond donors (Lipinski definition) is 2. The molecule has 0 amide bonds. The average molecular weight is 507 g/mol. The SMILES string of the molecule is CCNC(=NCC(C)(C)c1ccc(F)cc1)NCCCOCC1CCOC1.I. The number of rotatable bonds is 10. The zero-order valence-corrected chi connectivity index (χ0v) is 19.6. The quantitative estimate of drug-likeness (QED) is 0.220. The van der Waals surface area contributed by atoms with Crippen molar-refractivity contribution in [2.45, 2.75) is 39.0 Å². The predicted octanol–water partition coefficient (Wildman–Crippen LogP) is 3.72. The van der Waals surface area contributed by atoms with Gasteiger partial charge >= 0.3 is 0 Å². The van der Waals surface area contributed by atoms with E-state index in [2.05, 4.69) is 31.4 Å². The highest BCUT2D eigenvalue weighted by Gasteiger charge is 2.20. The molecule has 1 unspecified atom stereocenters. The van der Waals surface area contributed by atoms with Crippen molar-refractivity contribution in [2.24, 2.45) is 10.9 Å². The second kappa shape index (κ2) is 13.3. The van der Waals surface area contributed by atoms with Crippen molar-refractivity contribution in [1.29, 1.82) is 0 Å². The minimum atomic E-state index is -0.212. The Kier molecular flexibility index (Phi) is 11.9. The Morgan fingerprint density at radius 3 is 2.68 bits per heavy atom. The van der Waals surface area contributed by atoms with Crippen molar-refractivity contribution in [2.75, 3.05) is 46.1 Å². The summed E-state index contributed by atoms with van der Waals surface area (Å²) in [5.74, 6) is 1.15. The molecule has 1 aliphatic rings. The van der Waals surface area contributed by atoms with E-state index in [1.54, 1.807) is 0 Å². The lowest BCUT2D eigenvalue weighted by Crippen LogP contribution is -2.39. The van der Waals surface area contributed by atoms with Crippen molar-refractivity contribution in [3.63, 3.8) is 0 Å². The normalized spacial score (nSPS) is 17.3. The molecule has 28 heavy (non-hydrogen) atoms. The van der Waals surface area contributed by atoms with Gasteiger partial charge in [0.1, 0.15) is 5.82 Å². The standard InChI is InChI=1S/C21H34FN3O2.HI/c1-4-23-20(24-11-5-12-26-14-17-10-13-27-15-17)25-16-21(2,3)18-6-8-19(22)9-7-18;/h6-9,17H,4-5,10-16H2,1-3H3,(H2,23,24,25);1H. The third-order valence-corrected chi connectivity index (χ3v) is 4.74. The summed E-state index contributed by atoms with van der Waals surface area (Å²) in [7, 11) is 0. The summed E-state index contributed by atoms with van der Waals surface area (Å²) in [6.07, 6.45) is 2.04. The van der Waals surface area contributed by atoms with E-state index >= 15 is 0 Å². The molecule has 0 radical (unpaired) electrons. The Bertz CT molecular complexity index is 576. The Morgan fingerprint density at radius 2 is 2.04 bits per heavy atom. The largest absolute Gasteiger partial charge is 0.381 e. The van der Waals surface area contributed by atoms with E-state index in [-0.39, 0.29) is 35.2 Å². The van der Waals surface area contributed by atoms with Crippen LogP contribution in [-0.2, 0) is 14.9 Å². The van der Waals surface area contributed by atoms with Crippen molar-refractivity contribution in [3.8, 4) is 0 Å². The van der Waals surface area contributed by atoms with Crippen LogP contribution in [0.1, 0.15) is 39.2 Å². The molecule has 0 saturated carbocycles. The van der Waals surface area contributed by atoms with E-state index in [9.17, 15) is 4.39 Å². The van der Waals surface area contributed by atoms with Gasteiger partial charge in [-0.3, -0.25) is 4.99 Å². The maximum Gasteiger partial charge on any atom is 0.191 e. The van der Waals surface area contributed by atoms with E-state index in [4.69, 9.17) is 14.5 Å². The molecule has 1 aliphatic heterocycles. The molecule has 5 nitrogen and oxygen atoms in total. The van der Waals surface area contributed by atoms with Gasteiger partial charge in [-0.15, -0.1) is 24.0 Å². The Balaban J connectivity index is 0.00000392. The van der Waals surface area contributed by atoms with Crippen LogP contribution in [0.3, 0.4) is 0 Å². The van der Waals surface area contributed by atoms with Crippen LogP contribution in [0.4, 0.5) is 4.39 Å². The molecule has 1 fully saturated rings. The number of guanidine groups is 1. The summed E-state index contributed by atoms with van der Waals surface area (Å²) in [6, 6.07) is 6.67. The van der Waals surface area contributed by atoms with Gasteiger partial charge in [0.25, 0.3) is 0 Å². The van der Waals surface area contributed by atoms with Crippen molar-refractivity contribution in [1.82, 2.24) is 10.6 Å². The minimum Gasteiger partial charge on any atom is -0.381 e. The highest BCUT2D eigenvalue weighted by Crippen LogP contribution is 2.23. The van der Waals surface area contributed by atoms with E-state index in [1.807, 2.05) is 12.1 Å². The van der Waals surface area contributed by atoms with Crippen molar-refractivity contribution in [3.05, 3.63) is 35.6 Å². The lowest BCUT2D eigenvalue weighted by molar-refractivity contribution is 0.0888. The number of halogens is 2. The fourth-order valence-electron chi connectivity index (χ4n) is 2.96. The predicted molar refractivity (Wildman–Crippen MR) is 123 cm³/mol. The molecule has 1 aromatic carbocycles. The Labute approximate surface area is 185 Å². The molecule has 160 valence electrons. The second-order valence-electron chi connectivity index (χ2n) is 7.67. The summed E-state index contributed by atoms with van der Waals surface area (Å²) in [5, 5.41) is 6.63. The molecule has 0 bridgehead atoms. The molecular weight excluding hydrogens is 472 g/mol. The zero-order chi connectivity index (χ0) is 19.5. The molecule has 1 heterocycles. The third kappa shape index (κ3) is 9.05. The summed E-state index contributed by atoms with van der Waals surface area (Å²) in [5.41, 5.74) is 0.912. The fourth-order valence-corrected chi connectivity index (χ4v) is 2.96. The van der Waals surface area contributed by atoms with Gasteiger partial charge in [0.05, 0.1) is 19.8 Å². The van der Waals surface area contributed by atoms with Gasteiger partial charge in [0.15, 0.2) is 5.96 Å². The maximum absolute atomic E-state index is 13.1. The fraction of sp³-hybridized carbons (Fsp3) is 0.667. The number of ether oxygens (including phenoxy) is 2. The van der Waals surface area contributed by atoms with Gasteiger partial charge in [0.2, 0.25) is 0 Å². The number of nitrogens with zero attached hydrogens (tertiary/aromatic N) is 1. The van der Waals surface area contributed by atoms with Crippen LogP contribution in [0.2, 0.25) is 0 Å². The average Bonchev–Trinajstić information content (AvgIpc) is 3.16. The minimum absolute atomic E-state index is 0. The number of benzene rings is 1. The summed E-state index contributed by atoms with van der Waals surface area (Å²) in [6.45, 7) is 11.8. The van der Waals surface area contributed by atoms with Crippen molar-refractivity contribution >= 4 is 29.9 Å². The van der Waals surface area contributed by atoms with E-state index < -0.39 is 0 Å². The van der Waals surface area contributed by atoms with Gasteiger partial charge < -0.3 is 20.1 Å². The van der Waals surface area contributed by atoms with Gasteiger partial charge in [-0.1, -0.05) is 26.0 Å². The highest BCUT2D eigenvalue weighted by atomic mass is 127. The van der Waals surface area contributed by atoms with Crippen LogP contribution in [0, 0.1) is 11.7 Å². The molecule has 2 rings (SSSR count). The topological polar surface area (TPSA) is 54.9 Å². The van der Waals surface area contributed by atoms with Gasteiger partial charge in [-0.2, -0.15) is 0 Å². The monoisotopic (exact) mass is 507 g/mol. The van der Waals surface area contributed by atoms with Crippen LogP contribution in [0.5, 0.6) is 0 Å². The van der Waals surface area contributed by atoms with Crippen LogP contribution >= 0.6 is 24.0 Å². The Hall–Kier alpha value is -0.930. The van der Waals surface area contributed by atoms with Gasteiger partial charge in [-0.25, -0.2) is 4.39 Å². The lowest BCUT2D eigenvalue weighted by atomic mass is 9.85. The first-order chi connectivity index (χ1) is 13.0. The van der Waals surface area contributed by atoms with Crippen molar-refractivity contribution < 1.29 is 13.9 Å². The highest BCUT2D eigenvalue weighted by molar-refractivity contribution is 14.0. The number of nitrogens with one attached hydrogen (secondary N) is 2. The second-order valence-corrected chi connectivity index (χ2v) is 7.67. The summed E-state index contributed by atoms with van der Waals surface area (Å²) < 4.78 is 24.2. The van der Waals surface area contributed by atoms with E-state index in [1.165, 1.54) is 12.1 Å². The Morgan fingerprint density at radius 1 is 1.29 bits per heavy atom. The molecule has 0 spiro atoms. The lowest BCUT2D eigenvalue weighted by Gasteiger charge is -2.24. The molecule has 2 N–H and O–H groups in total. The zero-order valence-electron chi connectivity index (χ0n) is 17.3. The molecule has 0 aliphatic carbocycles. The van der Waals surface area contributed by atoms with Crippen LogP contribution in [-0.4, -0.2) is 52.0 Å². The smallest absolute Gasteiger partial charge is 0.191 e. The molecule has 1 aromatic rings. The molecule has 0 aromatic heterocycles. The third-order valence-electron chi connectivity index (χ3n) is 4.74. The number of hydrogen-bond acceptors (Lipinski definition) is 3.